The first-order valence-corrected chi connectivity index (χ1v) is 7.59. The lowest BCUT2D eigenvalue weighted by Gasteiger charge is -2.07. The Hall–Kier alpha value is -2.55. The summed E-state index contributed by atoms with van der Waals surface area (Å²) in [5.41, 5.74) is 2.80. The van der Waals surface area contributed by atoms with Gasteiger partial charge < -0.3 is 9.47 Å². The summed E-state index contributed by atoms with van der Waals surface area (Å²) in [6, 6.07) is 13.3. The molecule has 0 aromatic heterocycles. The number of hydrogen-bond acceptors (Lipinski definition) is 3. The second-order valence-electron chi connectivity index (χ2n) is 5.59. The van der Waals surface area contributed by atoms with Crippen LogP contribution in [0.25, 0.3) is 6.08 Å². The van der Waals surface area contributed by atoms with Crippen LogP contribution in [0, 0.1) is 0 Å². The van der Waals surface area contributed by atoms with Crippen molar-refractivity contribution in [1.29, 1.82) is 0 Å². The van der Waals surface area contributed by atoms with Crippen LogP contribution in [0.1, 0.15) is 41.3 Å². The molecule has 0 spiro atoms. The van der Waals surface area contributed by atoms with E-state index in [4.69, 9.17) is 9.47 Å². The topological polar surface area (TPSA) is 35.5 Å². The molecule has 120 valence electrons. The zero-order valence-electron chi connectivity index (χ0n) is 14.0. The molecule has 0 N–H and O–H groups in total. The number of rotatable bonds is 6. The van der Waals surface area contributed by atoms with Crippen LogP contribution in [-0.4, -0.2) is 20.0 Å². The molecule has 2 aromatic rings. The summed E-state index contributed by atoms with van der Waals surface area (Å²) in [5.74, 6) is 1.75. The van der Waals surface area contributed by atoms with Crippen molar-refractivity contribution in [2.24, 2.45) is 0 Å². The lowest BCUT2D eigenvalue weighted by Crippen LogP contribution is -1.95. The summed E-state index contributed by atoms with van der Waals surface area (Å²) in [6.45, 7) is 4.27. The van der Waals surface area contributed by atoms with Crippen molar-refractivity contribution in [2.75, 3.05) is 14.2 Å². The second kappa shape index (κ2) is 7.63. The van der Waals surface area contributed by atoms with Crippen molar-refractivity contribution in [3.8, 4) is 11.5 Å². The van der Waals surface area contributed by atoms with Crippen molar-refractivity contribution in [3.05, 3.63) is 65.2 Å². The Morgan fingerprint density at radius 2 is 1.61 bits per heavy atom. The Balaban J connectivity index is 2.14. The normalized spacial score (nSPS) is 11.0. The summed E-state index contributed by atoms with van der Waals surface area (Å²) in [5, 5.41) is 0. The molecule has 0 heterocycles. The van der Waals surface area contributed by atoms with Crippen molar-refractivity contribution < 1.29 is 14.3 Å². The zero-order chi connectivity index (χ0) is 16.8. The molecule has 2 aromatic carbocycles. The maximum Gasteiger partial charge on any atom is 0.185 e. The maximum absolute atomic E-state index is 12.2. The molecule has 0 amide bonds. The van der Waals surface area contributed by atoms with Gasteiger partial charge in [-0.15, -0.1) is 0 Å². The molecule has 0 atom stereocenters. The van der Waals surface area contributed by atoms with Crippen LogP contribution >= 0.6 is 0 Å². The third kappa shape index (κ3) is 4.22. The number of allylic oxidation sites excluding steroid dienone is 1. The smallest absolute Gasteiger partial charge is 0.185 e. The average molecular weight is 310 g/mol. The zero-order valence-corrected chi connectivity index (χ0v) is 14.0. The Bertz CT molecular complexity index is 697. The number of benzene rings is 2. The molecule has 0 saturated heterocycles. The molecule has 0 radical (unpaired) electrons. The molecule has 0 aliphatic rings. The minimum Gasteiger partial charge on any atom is -0.493 e. The van der Waals surface area contributed by atoms with Crippen LogP contribution in [-0.2, 0) is 0 Å². The minimum atomic E-state index is -0.0184. The van der Waals surface area contributed by atoms with Crippen molar-refractivity contribution >= 4 is 11.9 Å². The molecule has 0 unspecified atom stereocenters. The lowest BCUT2D eigenvalue weighted by atomic mass is 10.0. The predicted octanol–water partition coefficient (Wildman–Crippen LogP) is 4.72. The quantitative estimate of drug-likeness (QED) is 0.572. The fourth-order valence-electron chi connectivity index (χ4n) is 2.26. The molecular formula is C20H22O3. The minimum absolute atomic E-state index is 0.0184. The monoisotopic (exact) mass is 310 g/mol. The van der Waals surface area contributed by atoms with Crippen molar-refractivity contribution in [2.45, 2.75) is 19.8 Å². The van der Waals surface area contributed by atoms with E-state index >= 15 is 0 Å². The van der Waals surface area contributed by atoms with Gasteiger partial charge in [0.05, 0.1) is 14.2 Å². The highest BCUT2D eigenvalue weighted by Gasteiger charge is 2.05. The van der Waals surface area contributed by atoms with Gasteiger partial charge in [-0.05, 0) is 35.3 Å². The fourth-order valence-corrected chi connectivity index (χ4v) is 2.26. The van der Waals surface area contributed by atoms with Crippen LogP contribution in [0.15, 0.2) is 48.5 Å². The first kappa shape index (κ1) is 16.8. The number of ketones is 1. The molecule has 0 fully saturated rings. The van der Waals surface area contributed by atoms with E-state index in [0.29, 0.717) is 23.0 Å². The van der Waals surface area contributed by atoms with Gasteiger partial charge in [-0.1, -0.05) is 50.3 Å². The molecular weight excluding hydrogens is 288 g/mol. The van der Waals surface area contributed by atoms with Gasteiger partial charge in [0.2, 0.25) is 0 Å². The number of ether oxygens (including phenoxy) is 2. The third-order valence-electron chi connectivity index (χ3n) is 3.70. The Morgan fingerprint density at radius 1 is 0.957 bits per heavy atom. The second-order valence-corrected chi connectivity index (χ2v) is 5.59. The van der Waals surface area contributed by atoms with E-state index in [1.165, 1.54) is 5.56 Å². The SMILES string of the molecule is COc1ccc(/C=C/C(=O)c2ccc(C(C)C)cc2)cc1OC. The Labute approximate surface area is 137 Å². The van der Waals surface area contributed by atoms with Crippen LogP contribution in [0.3, 0.4) is 0 Å². The highest BCUT2D eigenvalue weighted by Crippen LogP contribution is 2.28. The van der Waals surface area contributed by atoms with E-state index in [2.05, 4.69) is 13.8 Å². The summed E-state index contributed by atoms with van der Waals surface area (Å²) in [4.78, 5) is 12.2. The van der Waals surface area contributed by atoms with Crippen LogP contribution in [0.4, 0.5) is 0 Å². The molecule has 0 aliphatic carbocycles. The number of carbonyl (C=O) groups excluding carboxylic acids is 1. The third-order valence-corrected chi connectivity index (χ3v) is 3.70. The van der Waals surface area contributed by atoms with Crippen LogP contribution in [0.2, 0.25) is 0 Å². The van der Waals surface area contributed by atoms with Gasteiger partial charge in [-0.3, -0.25) is 4.79 Å². The standard InChI is InChI=1S/C20H22O3/c1-14(2)16-7-9-17(10-8-16)18(21)11-5-15-6-12-19(22-3)20(13-15)23-4/h5-14H,1-4H3/b11-5+. The highest BCUT2D eigenvalue weighted by atomic mass is 16.5. The van der Waals surface area contributed by atoms with E-state index in [1.807, 2.05) is 42.5 Å². The largest absolute Gasteiger partial charge is 0.493 e. The van der Waals surface area contributed by atoms with Gasteiger partial charge in [-0.2, -0.15) is 0 Å². The van der Waals surface area contributed by atoms with Gasteiger partial charge in [-0.25, -0.2) is 0 Å². The van der Waals surface area contributed by atoms with Gasteiger partial charge in [0.15, 0.2) is 17.3 Å². The fraction of sp³-hybridized carbons (Fsp3) is 0.250. The van der Waals surface area contributed by atoms with Crippen LogP contribution in [0.5, 0.6) is 11.5 Å². The molecule has 23 heavy (non-hydrogen) atoms. The predicted molar refractivity (Wildman–Crippen MR) is 93.4 cm³/mol. The summed E-state index contributed by atoms with van der Waals surface area (Å²) >= 11 is 0. The van der Waals surface area contributed by atoms with Gasteiger partial charge in [0, 0.05) is 5.56 Å². The molecule has 0 saturated carbocycles. The molecule has 3 nitrogen and oxygen atoms in total. The van der Waals surface area contributed by atoms with E-state index in [-0.39, 0.29) is 5.78 Å². The van der Waals surface area contributed by atoms with Gasteiger partial charge >= 0.3 is 0 Å². The number of hydrogen-bond donors (Lipinski definition) is 0. The Morgan fingerprint density at radius 3 is 2.17 bits per heavy atom. The lowest BCUT2D eigenvalue weighted by molar-refractivity contribution is 0.104. The molecule has 3 heteroatoms. The van der Waals surface area contributed by atoms with Crippen molar-refractivity contribution in [1.82, 2.24) is 0 Å². The molecule has 0 bridgehead atoms. The molecule has 0 aliphatic heterocycles. The summed E-state index contributed by atoms with van der Waals surface area (Å²) < 4.78 is 10.5. The van der Waals surface area contributed by atoms with E-state index in [1.54, 1.807) is 26.4 Å². The summed E-state index contributed by atoms with van der Waals surface area (Å²) in [7, 11) is 3.19. The number of carbonyl (C=O) groups is 1. The average Bonchev–Trinajstić information content (AvgIpc) is 2.59. The van der Waals surface area contributed by atoms with Crippen LogP contribution < -0.4 is 9.47 Å². The van der Waals surface area contributed by atoms with E-state index in [0.717, 1.165) is 5.56 Å². The summed E-state index contributed by atoms with van der Waals surface area (Å²) in [6.07, 6.45) is 3.35. The van der Waals surface area contributed by atoms with E-state index < -0.39 is 0 Å². The molecule has 2 rings (SSSR count). The Kier molecular flexibility index (Phi) is 5.58. The van der Waals surface area contributed by atoms with Crippen molar-refractivity contribution in [3.63, 3.8) is 0 Å². The first-order chi connectivity index (χ1) is 11.0. The maximum atomic E-state index is 12.2. The first-order valence-electron chi connectivity index (χ1n) is 7.59. The van der Waals surface area contributed by atoms with E-state index in [9.17, 15) is 4.79 Å². The number of methoxy groups -OCH3 is 2. The highest BCUT2D eigenvalue weighted by molar-refractivity contribution is 6.06. The van der Waals surface area contributed by atoms with Gasteiger partial charge in [0.1, 0.15) is 0 Å². The van der Waals surface area contributed by atoms with Gasteiger partial charge in [0.25, 0.3) is 0 Å².